The molecule has 1 rings (SSSR count). The summed E-state index contributed by atoms with van der Waals surface area (Å²) in [4.78, 5) is 6.61. The van der Waals surface area contributed by atoms with Crippen LogP contribution in [0.15, 0.2) is 29.3 Å². The molecule has 1 aromatic carbocycles. The van der Waals surface area contributed by atoms with E-state index in [0.717, 1.165) is 25.3 Å². The van der Waals surface area contributed by atoms with Gasteiger partial charge in [0.05, 0.1) is 7.11 Å². The van der Waals surface area contributed by atoms with Crippen molar-refractivity contribution in [3.05, 3.63) is 29.8 Å². The molecule has 0 unspecified atom stereocenters. The minimum atomic E-state index is 0.117. The second-order valence-electron chi connectivity index (χ2n) is 6.63. The lowest BCUT2D eigenvalue weighted by atomic mass is 9.93. The van der Waals surface area contributed by atoms with Gasteiger partial charge in [0.1, 0.15) is 5.75 Å². The second-order valence-corrected chi connectivity index (χ2v) is 6.63. The van der Waals surface area contributed by atoms with E-state index in [1.807, 2.05) is 12.1 Å². The summed E-state index contributed by atoms with van der Waals surface area (Å²) < 4.78 is 5.14. The van der Waals surface area contributed by atoms with Crippen molar-refractivity contribution < 1.29 is 4.74 Å². The number of benzene rings is 1. The Morgan fingerprint density at radius 1 is 1.27 bits per heavy atom. The quantitative estimate of drug-likeness (QED) is 0.567. The van der Waals surface area contributed by atoms with Crippen LogP contribution in [0.25, 0.3) is 0 Å². The van der Waals surface area contributed by atoms with Gasteiger partial charge in [-0.15, -0.1) is 0 Å². The Bertz CT molecular complexity index is 466. The van der Waals surface area contributed by atoms with Crippen LogP contribution >= 0.6 is 0 Å². The van der Waals surface area contributed by atoms with Crippen molar-refractivity contribution in [1.82, 2.24) is 10.2 Å². The first kappa shape index (κ1) is 18.3. The highest BCUT2D eigenvalue weighted by Gasteiger charge is 2.18. The van der Waals surface area contributed by atoms with Crippen molar-refractivity contribution in [2.24, 2.45) is 16.1 Å². The average molecular weight is 306 g/mol. The van der Waals surface area contributed by atoms with Crippen LogP contribution in [0.2, 0.25) is 0 Å². The number of nitrogens with one attached hydrogen (secondary N) is 1. The minimum absolute atomic E-state index is 0.117. The standard InChI is InChI=1S/C17H30N4O/c1-17(2,13-21(3)4)12-20-16(18)19-11-10-14-6-8-15(22-5)9-7-14/h6-9H,10-13H2,1-5H3,(H3,18,19,20). The van der Waals surface area contributed by atoms with Gasteiger partial charge in [-0.05, 0) is 43.6 Å². The van der Waals surface area contributed by atoms with E-state index in [1.54, 1.807) is 7.11 Å². The Morgan fingerprint density at radius 2 is 1.91 bits per heavy atom. The van der Waals surface area contributed by atoms with Crippen molar-refractivity contribution in [3.8, 4) is 5.75 Å². The second kappa shape index (κ2) is 8.63. The maximum atomic E-state index is 5.93. The first-order chi connectivity index (χ1) is 10.3. The molecule has 0 aliphatic carbocycles. The summed E-state index contributed by atoms with van der Waals surface area (Å²) in [6.07, 6.45) is 0.904. The highest BCUT2D eigenvalue weighted by Crippen LogP contribution is 2.16. The molecule has 0 heterocycles. The van der Waals surface area contributed by atoms with Gasteiger partial charge >= 0.3 is 0 Å². The molecule has 0 amide bonds. The SMILES string of the molecule is COc1ccc(CCNC(N)=NCC(C)(C)CN(C)C)cc1. The maximum absolute atomic E-state index is 5.93. The number of nitrogens with two attached hydrogens (primary N) is 1. The molecular weight excluding hydrogens is 276 g/mol. The number of rotatable bonds is 8. The summed E-state index contributed by atoms with van der Waals surface area (Å²) in [5, 5.41) is 3.17. The molecule has 5 heteroatoms. The molecule has 0 saturated heterocycles. The molecule has 22 heavy (non-hydrogen) atoms. The van der Waals surface area contributed by atoms with Crippen molar-refractivity contribution in [1.29, 1.82) is 0 Å². The third kappa shape index (κ3) is 7.31. The third-order valence-electron chi connectivity index (χ3n) is 3.30. The number of guanidine groups is 1. The highest BCUT2D eigenvalue weighted by molar-refractivity contribution is 5.77. The summed E-state index contributed by atoms with van der Waals surface area (Å²) in [5.41, 5.74) is 7.29. The molecule has 0 bridgehead atoms. The zero-order chi connectivity index (χ0) is 16.6. The molecule has 0 aromatic heterocycles. The fraction of sp³-hybridized carbons (Fsp3) is 0.588. The Morgan fingerprint density at radius 3 is 2.45 bits per heavy atom. The van der Waals surface area contributed by atoms with Crippen LogP contribution < -0.4 is 15.8 Å². The Balaban J connectivity index is 2.35. The lowest BCUT2D eigenvalue weighted by molar-refractivity contribution is 0.249. The lowest BCUT2D eigenvalue weighted by Gasteiger charge is -2.26. The summed E-state index contributed by atoms with van der Waals surface area (Å²) in [6.45, 7) is 6.86. The molecule has 0 atom stereocenters. The molecule has 0 radical (unpaired) electrons. The zero-order valence-electron chi connectivity index (χ0n) is 14.5. The van der Waals surface area contributed by atoms with Crippen LogP contribution in [-0.2, 0) is 6.42 Å². The van der Waals surface area contributed by atoms with Crippen LogP contribution in [0, 0.1) is 5.41 Å². The molecule has 0 aliphatic heterocycles. The number of nitrogens with zero attached hydrogens (tertiary/aromatic N) is 2. The number of methoxy groups -OCH3 is 1. The fourth-order valence-electron chi connectivity index (χ4n) is 2.39. The maximum Gasteiger partial charge on any atom is 0.188 e. The summed E-state index contributed by atoms with van der Waals surface area (Å²) >= 11 is 0. The van der Waals surface area contributed by atoms with Crippen LogP contribution in [0.4, 0.5) is 0 Å². The normalized spacial score (nSPS) is 12.5. The van der Waals surface area contributed by atoms with Crippen molar-refractivity contribution >= 4 is 5.96 Å². The minimum Gasteiger partial charge on any atom is -0.497 e. The van der Waals surface area contributed by atoms with Crippen LogP contribution in [0.5, 0.6) is 5.75 Å². The van der Waals surface area contributed by atoms with Crippen LogP contribution in [0.1, 0.15) is 19.4 Å². The van der Waals surface area contributed by atoms with Gasteiger partial charge in [-0.2, -0.15) is 0 Å². The topological polar surface area (TPSA) is 62.9 Å². The van der Waals surface area contributed by atoms with E-state index in [2.05, 4.69) is 55.3 Å². The smallest absolute Gasteiger partial charge is 0.188 e. The van der Waals surface area contributed by atoms with E-state index in [9.17, 15) is 0 Å². The van der Waals surface area contributed by atoms with E-state index in [4.69, 9.17) is 10.5 Å². The van der Waals surface area contributed by atoms with E-state index >= 15 is 0 Å². The Labute approximate surface area is 134 Å². The van der Waals surface area contributed by atoms with E-state index < -0.39 is 0 Å². The summed E-state index contributed by atoms with van der Waals surface area (Å²) in [5.74, 6) is 1.39. The molecule has 0 fully saturated rings. The lowest BCUT2D eigenvalue weighted by Crippen LogP contribution is -2.36. The van der Waals surface area contributed by atoms with Gasteiger partial charge in [-0.1, -0.05) is 26.0 Å². The van der Waals surface area contributed by atoms with Crippen LogP contribution in [-0.4, -0.2) is 51.7 Å². The van der Waals surface area contributed by atoms with E-state index in [-0.39, 0.29) is 5.41 Å². The summed E-state index contributed by atoms with van der Waals surface area (Å²) in [7, 11) is 5.81. The predicted octanol–water partition coefficient (Wildman–Crippen LogP) is 1.73. The summed E-state index contributed by atoms with van der Waals surface area (Å²) in [6, 6.07) is 8.06. The van der Waals surface area contributed by atoms with Gasteiger partial charge in [-0.25, -0.2) is 0 Å². The number of ether oxygens (including phenoxy) is 1. The number of hydrogen-bond acceptors (Lipinski definition) is 3. The van der Waals surface area contributed by atoms with Gasteiger partial charge in [0.25, 0.3) is 0 Å². The Hall–Kier alpha value is -1.75. The highest BCUT2D eigenvalue weighted by atomic mass is 16.5. The number of hydrogen-bond donors (Lipinski definition) is 2. The largest absolute Gasteiger partial charge is 0.497 e. The average Bonchev–Trinajstić information content (AvgIpc) is 2.45. The molecule has 124 valence electrons. The fourth-order valence-corrected chi connectivity index (χ4v) is 2.39. The predicted molar refractivity (Wildman–Crippen MR) is 93.5 cm³/mol. The molecule has 0 aliphatic rings. The molecule has 0 saturated carbocycles. The third-order valence-corrected chi connectivity index (χ3v) is 3.30. The molecule has 5 nitrogen and oxygen atoms in total. The van der Waals surface area contributed by atoms with Crippen LogP contribution in [0.3, 0.4) is 0 Å². The first-order valence-corrected chi connectivity index (χ1v) is 7.64. The van der Waals surface area contributed by atoms with Gasteiger partial charge < -0.3 is 20.7 Å². The van der Waals surface area contributed by atoms with Crippen molar-refractivity contribution in [2.45, 2.75) is 20.3 Å². The molecule has 1 aromatic rings. The molecule has 0 spiro atoms. The van der Waals surface area contributed by atoms with Gasteiger partial charge in [0.2, 0.25) is 0 Å². The van der Waals surface area contributed by atoms with E-state index in [1.165, 1.54) is 5.56 Å². The van der Waals surface area contributed by atoms with Gasteiger partial charge in [-0.3, -0.25) is 4.99 Å². The van der Waals surface area contributed by atoms with Crippen molar-refractivity contribution in [3.63, 3.8) is 0 Å². The van der Waals surface area contributed by atoms with Gasteiger partial charge in [0.15, 0.2) is 5.96 Å². The van der Waals surface area contributed by atoms with E-state index in [0.29, 0.717) is 12.5 Å². The number of aliphatic imine (C=N–C) groups is 1. The first-order valence-electron chi connectivity index (χ1n) is 7.64. The zero-order valence-corrected chi connectivity index (χ0v) is 14.5. The van der Waals surface area contributed by atoms with Gasteiger partial charge in [0, 0.05) is 19.6 Å². The Kier molecular flexibility index (Phi) is 7.18. The monoisotopic (exact) mass is 306 g/mol. The van der Waals surface area contributed by atoms with Crippen molar-refractivity contribution in [2.75, 3.05) is 40.8 Å². The molecule has 3 N–H and O–H groups in total. The molecular formula is C17H30N4O.